The maximum absolute atomic E-state index is 14.7. The van der Waals surface area contributed by atoms with Crippen molar-refractivity contribution in [1.82, 2.24) is 10.2 Å². The zero-order valence-electron chi connectivity index (χ0n) is 27.3. The molecule has 0 fully saturated rings. The van der Waals surface area contributed by atoms with Gasteiger partial charge in [0.1, 0.15) is 18.3 Å². The molecule has 0 aliphatic heterocycles. The predicted octanol–water partition coefficient (Wildman–Crippen LogP) is 7.71. The number of benzene rings is 4. The lowest BCUT2D eigenvalue weighted by Gasteiger charge is -2.35. The molecule has 1 unspecified atom stereocenters. The minimum atomic E-state index is -4.32. The Labute approximate surface area is 297 Å². The first-order valence-electron chi connectivity index (χ1n) is 15.1. The van der Waals surface area contributed by atoms with Crippen LogP contribution >= 0.6 is 34.8 Å². The van der Waals surface area contributed by atoms with Crippen molar-refractivity contribution in [2.75, 3.05) is 18.0 Å². The lowest BCUT2D eigenvalue weighted by atomic mass is 10.0. The first kappa shape index (κ1) is 37.1. The van der Waals surface area contributed by atoms with E-state index < -0.39 is 40.0 Å². The van der Waals surface area contributed by atoms with Gasteiger partial charge in [-0.25, -0.2) is 8.42 Å². The Morgan fingerprint density at radius 3 is 2.04 bits per heavy atom. The monoisotopic (exact) mass is 729 g/mol. The molecule has 0 radical (unpaired) electrons. The Hall–Kier alpha value is -3.76. The molecule has 0 spiro atoms. The summed E-state index contributed by atoms with van der Waals surface area (Å²) < 4.78 is 34.8. The van der Waals surface area contributed by atoms with E-state index in [-0.39, 0.29) is 28.6 Å². The second-order valence-corrected chi connectivity index (χ2v) is 15.4. The normalized spacial score (nSPS) is 12.2. The van der Waals surface area contributed by atoms with Crippen molar-refractivity contribution in [2.24, 2.45) is 0 Å². The molecule has 0 aliphatic carbocycles. The summed E-state index contributed by atoms with van der Waals surface area (Å²) in [5.74, 6) is -0.766. The van der Waals surface area contributed by atoms with Gasteiger partial charge in [0.15, 0.2) is 0 Å². The molecular formula is C36H38Cl3N3O5S. The summed E-state index contributed by atoms with van der Waals surface area (Å²) >= 11 is 19.6. The minimum Gasteiger partial charge on any atom is -0.495 e. The molecule has 4 aromatic rings. The van der Waals surface area contributed by atoms with Crippen molar-refractivity contribution in [3.63, 3.8) is 0 Å². The molecule has 1 N–H and O–H groups in total. The lowest BCUT2D eigenvalue weighted by Crippen LogP contribution is -2.56. The molecule has 4 aromatic carbocycles. The van der Waals surface area contributed by atoms with Gasteiger partial charge in [-0.15, -0.1) is 0 Å². The molecule has 0 saturated heterocycles. The van der Waals surface area contributed by atoms with Crippen LogP contribution in [0.1, 0.15) is 37.5 Å². The third kappa shape index (κ3) is 9.23. The van der Waals surface area contributed by atoms with Gasteiger partial charge < -0.3 is 15.0 Å². The van der Waals surface area contributed by atoms with Crippen molar-refractivity contribution in [1.29, 1.82) is 0 Å². The highest BCUT2D eigenvalue weighted by Crippen LogP contribution is 2.33. The van der Waals surface area contributed by atoms with Crippen molar-refractivity contribution < 1.29 is 22.7 Å². The highest BCUT2D eigenvalue weighted by Gasteiger charge is 2.36. The Balaban J connectivity index is 1.88. The number of rotatable bonds is 12. The summed E-state index contributed by atoms with van der Waals surface area (Å²) in [4.78, 5) is 30.1. The summed E-state index contributed by atoms with van der Waals surface area (Å²) in [5.41, 5.74) is 1.56. The fourth-order valence-electron chi connectivity index (χ4n) is 5.04. The SMILES string of the molecule is COc1ccc(N(CC(=O)N(Cc2c(Cl)cccc2Cl)C(Cc2ccccc2)C(=O)NC(C)(C)C)S(=O)(=O)c2ccc(C)cc2)cc1Cl. The summed E-state index contributed by atoms with van der Waals surface area (Å²) in [6, 6.07) is 23.9. The topological polar surface area (TPSA) is 96.0 Å². The molecule has 48 heavy (non-hydrogen) atoms. The molecule has 2 amide bonds. The van der Waals surface area contributed by atoms with Crippen LogP contribution in [0.25, 0.3) is 0 Å². The van der Waals surface area contributed by atoms with Gasteiger partial charge in [-0.3, -0.25) is 13.9 Å². The van der Waals surface area contributed by atoms with E-state index in [0.717, 1.165) is 15.4 Å². The highest BCUT2D eigenvalue weighted by atomic mass is 35.5. The number of hydrogen-bond donors (Lipinski definition) is 1. The van der Waals surface area contributed by atoms with Crippen LogP contribution in [0, 0.1) is 6.92 Å². The molecule has 0 aromatic heterocycles. The summed E-state index contributed by atoms with van der Waals surface area (Å²) in [5, 5.41) is 3.73. The zero-order chi connectivity index (χ0) is 35.2. The van der Waals surface area contributed by atoms with Crippen LogP contribution in [0.15, 0.2) is 95.9 Å². The van der Waals surface area contributed by atoms with Gasteiger partial charge in [0.05, 0.1) is 22.7 Å². The van der Waals surface area contributed by atoms with E-state index in [1.807, 2.05) is 58.0 Å². The molecule has 254 valence electrons. The van der Waals surface area contributed by atoms with E-state index in [4.69, 9.17) is 39.5 Å². The van der Waals surface area contributed by atoms with Gasteiger partial charge in [0.25, 0.3) is 10.0 Å². The number of sulfonamides is 1. The number of nitrogens with one attached hydrogen (secondary N) is 1. The average molecular weight is 731 g/mol. The van der Waals surface area contributed by atoms with E-state index in [0.29, 0.717) is 21.4 Å². The smallest absolute Gasteiger partial charge is 0.264 e. The number of hydrogen-bond acceptors (Lipinski definition) is 5. The zero-order valence-corrected chi connectivity index (χ0v) is 30.4. The summed E-state index contributed by atoms with van der Waals surface area (Å²) in [6.45, 7) is 6.51. The molecule has 12 heteroatoms. The average Bonchev–Trinajstić information content (AvgIpc) is 3.02. The van der Waals surface area contributed by atoms with Crippen LogP contribution in [0.4, 0.5) is 5.69 Å². The van der Waals surface area contributed by atoms with E-state index >= 15 is 0 Å². The second kappa shape index (κ2) is 15.6. The number of carbonyl (C=O) groups is 2. The van der Waals surface area contributed by atoms with Gasteiger partial charge >= 0.3 is 0 Å². The van der Waals surface area contributed by atoms with E-state index in [1.54, 1.807) is 30.3 Å². The first-order valence-corrected chi connectivity index (χ1v) is 17.7. The van der Waals surface area contributed by atoms with Crippen LogP contribution in [0.5, 0.6) is 5.75 Å². The van der Waals surface area contributed by atoms with Crippen LogP contribution < -0.4 is 14.4 Å². The largest absolute Gasteiger partial charge is 0.495 e. The molecule has 4 rings (SSSR count). The number of nitrogens with zero attached hydrogens (tertiary/aromatic N) is 2. The van der Waals surface area contributed by atoms with E-state index in [1.165, 1.54) is 42.3 Å². The summed E-state index contributed by atoms with van der Waals surface area (Å²) in [6.07, 6.45) is 0.135. The quantitative estimate of drug-likeness (QED) is 0.161. The second-order valence-electron chi connectivity index (χ2n) is 12.3. The number of aryl methyl sites for hydroxylation is 1. The Morgan fingerprint density at radius 2 is 1.48 bits per heavy atom. The molecule has 0 bridgehead atoms. The number of ether oxygens (including phenoxy) is 1. The minimum absolute atomic E-state index is 0.0279. The third-order valence-corrected chi connectivity index (χ3v) is 10.3. The standard InChI is InChI=1S/C36H38Cl3N3O5S/c1-24-14-17-27(18-15-24)48(45,46)42(26-16-19-33(47-5)31(39)21-26)23-34(43)41(22-28-29(37)12-9-13-30(28)38)32(35(44)40-36(2,3)4)20-25-10-7-6-8-11-25/h6-19,21,32H,20,22-23H2,1-5H3,(H,40,44). The van der Waals surface area contributed by atoms with Crippen LogP contribution in [0.3, 0.4) is 0 Å². The molecule has 8 nitrogen and oxygen atoms in total. The number of methoxy groups -OCH3 is 1. The maximum atomic E-state index is 14.7. The van der Waals surface area contributed by atoms with Gasteiger partial charge in [0, 0.05) is 34.1 Å². The summed E-state index contributed by atoms with van der Waals surface area (Å²) in [7, 11) is -2.88. The molecule has 1 atom stereocenters. The van der Waals surface area contributed by atoms with Crippen LogP contribution in [-0.4, -0.2) is 50.4 Å². The first-order chi connectivity index (χ1) is 22.6. The lowest BCUT2D eigenvalue weighted by molar-refractivity contribution is -0.140. The van der Waals surface area contributed by atoms with E-state index in [2.05, 4.69) is 5.32 Å². The van der Waals surface area contributed by atoms with Gasteiger partial charge in [-0.2, -0.15) is 0 Å². The third-order valence-electron chi connectivity index (χ3n) is 7.47. The van der Waals surface area contributed by atoms with Crippen molar-refractivity contribution in [2.45, 2.75) is 57.1 Å². The Morgan fingerprint density at radius 1 is 0.854 bits per heavy atom. The number of anilines is 1. The van der Waals surface area contributed by atoms with Gasteiger partial charge in [-0.05, 0) is 75.7 Å². The molecular weight excluding hydrogens is 693 g/mol. The number of amides is 2. The fourth-order valence-corrected chi connectivity index (χ4v) is 7.21. The Kier molecular flexibility index (Phi) is 12.1. The fraction of sp³-hybridized carbons (Fsp3) is 0.278. The molecule has 0 aliphatic rings. The molecule has 0 saturated carbocycles. The number of carbonyl (C=O) groups excluding carboxylic acids is 2. The highest BCUT2D eigenvalue weighted by molar-refractivity contribution is 7.92. The van der Waals surface area contributed by atoms with Gasteiger partial charge in [-0.1, -0.05) is 88.9 Å². The van der Waals surface area contributed by atoms with E-state index in [9.17, 15) is 18.0 Å². The predicted molar refractivity (Wildman–Crippen MR) is 193 cm³/mol. The molecule has 0 heterocycles. The number of halogens is 3. The van der Waals surface area contributed by atoms with Crippen LogP contribution in [0.2, 0.25) is 15.1 Å². The van der Waals surface area contributed by atoms with Gasteiger partial charge in [0.2, 0.25) is 11.8 Å². The maximum Gasteiger partial charge on any atom is 0.264 e. The van der Waals surface area contributed by atoms with Crippen LogP contribution in [-0.2, 0) is 32.6 Å². The Bertz CT molecular complexity index is 1840. The van der Waals surface area contributed by atoms with Crippen molar-refractivity contribution in [3.8, 4) is 5.75 Å². The van der Waals surface area contributed by atoms with Crippen molar-refractivity contribution >= 4 is 62.3 Å². The van der Waals surface area contributed by atoms with Crippen molar-refractivity contribution in [3.05, 3.63) is 123 Å².